The SMILES string of the molecule is CCc1cc2c(cc1N1CCC(N3CCN(CCCOCCOCCSc4cccc5c4CN(C4CCC(=O)NC4=O)C5=O)CC3)CC1)C(C)(C)c1[nH]c3cc(C#N)ccc3c1C2=O. The van der Waals surface area contributed by atoms with Crippen LogP contribution in [0, 0.1) is 11.3 Å². The van der Waals surface area contributed by atoms with Crippen LogP contribution < -0.4 is 10.2 Å². The van der Waals surface area contributed by atoms with E-state index in [9.17, 15) is 24.4 Å². The number of hydrogen-bond donors (Lipinski definition) is 2. The number of nitriles is 1. The van der Waals surface area contributed by atoms with Crippen molar-refractivity contribution >= 4 is 51.9 Å². The molecule has 3 fully saturated rings. The number of amides is 3. The van der Waals surface area contributed by atoms with Gasteiger partial charge in [0, 0.05) is 121 Å². The minimum atomic E-state index is -0.613. The number of rotatable bonds is 15. The fourth-order valence-electron chi connectivity index (χ4n) is 10.6. The number of aryl methyl sites for hydroxylation is 1. The fraction of sp³-hybridized carbons (Fsp3) is 0.500. The van der Waals surface area contributed by atoms with Crippen LogP contribution in [0.25, 0.3) is 10.9 Å². The molecule has 0 saturated carbocycles. The molecule has 64 heavy (non-hydrogen) atoms. The second-order valence-electron chi connectivity index (χ2n) is 18.3. The van der Waals surface area contributed by atoms with Crippen molar-refractivity contribution in [1.29, 1.82) is 5.26 Å². The number of carbonyl (C=O) groups excluding carboxylic acids is 4. The number of piperazine rings is 1. The molecule has 1 aliphatic carbocycles. The third-order valence-corrected chi connectivity index (χ3v) is 15.2. The molecule has 2 N–H and O–H groups in total. The van der Waals surface area contributed by atoms with Gasteiger partial charge >= 0.3 is 0 Å². The maximum atomic E-state index is 14.1. The fourth-order valence-corrected chi connectivity index (χ4v) is 11.5. The van der Waals surface area contributed by atoms with Crippen LogP contribution in [-0.4, -0.2) is 133 Å². The van der Waals surface area contributed by atoms with Crippen molar-refractivity contribution in [1.82, 2.24) is 25.0 Å². The number of ketones is 1. The molecule has 336 valence electrons. The molecule has 9 rings (SSSR count). The number of nitrogens with zero attached hydrogens (tertiary/aromatic N) is 5. The van der Waals surface area contributed by atoms with E-state index in [0.717, 1.165) is 121 Å². The van der Waals surface area contributed by atoms with Gasteiger partial charge in [-0.15, -0.1) is 11.8 Å². The molecule has 4 aromatic rings. The summed E-state index contributed by atoms with van der Waals surface area (Å²) in [5, 5.41) is 12.7. The van der Waals surface area contributed by atoms with Gasteiger partial charge in [0.15, 0.2) is 5.78 Å². The Bertz CT molecular complexity index is 2500. The smallest absolute Gasteiger partial charge is 0.255 e. The number of piperidine rings is 2. The van der Waals surface area contributed by atoms with Crippen LogP contribution in [0.1, 0.15) is 107 Å². The highest BCUT2D eigenvalue weighted by molar-refractivity contribution is 7.99. The van der Waals surface area contributed by atoms with Crippen molar-refractivity contribution in [2.45, 2.75) is 88.2 Å². The largest absolute Gasteiger partial charge is 0.379 e. The molecule has 1 atom stereocenters. The highest BCUT2D eigenvalue weighted by atomic mass is 32.2. The molecule has 5 aliphatic rings. The highest BCUT2D eigenvalue weighted by Crippen LogP contribution is 2.46. The number of aromatic amines is 1. The van der Waals surface area contributed by atoms with Crippen molar-refractivity contribution in [3.63, 3.8) is 0 Å². The number of ether oxygens (including phenoxy) is 2. The second-order valence-corrected chi connectivity index (χ2v) is 19.4. The molecule has 4 aliphatic heterocycles. The van der Waals surface area contributed by atoms with Crippen molar-refractivity contribution in [2.24, 2.45) is 0 Å². The zero-order valence-corrected chi connectivity index (χ0v) is 38.1. The van der Waals surface area contributed by atoms with Crippen molar-refractivity contribution in [2.75, 3.05) is 82.9 Å². The van der Waals surface area contributed by atoms with Gasteiger partial charge in [-0.1, -0.05) is 32.9 Å². The molecule has 0 spiro atoms. The van der Waals surface area contributed by atoms with Gasteiger partial charge in [-0.05, 0) is 85.2 Å². The number of nitrogens with one attached hydrogen (secondary N) is 2. The monoisotopic (exact) mass is 885 g/mol. The Balaban J connectivity index is 0.668. The molecule has 3 saturated heterocycles. The number of imide groups is 1. The molecule has 1 aromatic heterocycles. The quantitative estimate of drug-likeness (QED) is 0.0818. The van der Waals surface area contributed by atoms with Gasteiger partial charge in [-0.2, -0.15) is 5.26 Å². The van der Waals surface area contributed by atoms with Gasteiger partial charge < -0.3 is 29.2 Å². The molecule has 13 nitrogen and oxygen atoms in total. The molecule has 0 radical (unpaired) electrons. The summed E-state index contributed by atoms with van der Waals surface area (Å²) in [4.78, 5) is 65.3. The minimum Gasteiger partial charge on any atom is -0.379 e. The van der Waals surface area contributed by atoms with Crippen molar-refractivity contribution < 1.29 is 28.7 Å². The van der Waals surface area contributed by atoms with Crippen LogP contribution in [0.3, 0.4) is 0 Å². The Hall–Kier alpha value is -5.04. The zero-order valence-electron chi connectivity index (χ0n) is 37.3. The summed E-state index contributed by atoms with van der Waals surface area (Å²) in [6, 6.07) is 17.9. The molecule has 14 heteroatoms. The number of anilines is 1. The number of thioether (sulfide) groups is 1. The Morgan fingerprint density at radius 2 is 1.67 bits per heavy atom. The topological polar surface area (TPSA) is 151 Å². The van der Waals surface area contributed by atoms with E-state index < -0.39 is 17.4 Å². The van der Waals surface area contributed by atoms with E-state index in [4.69, 9.17) is 9.47 Å². The molecular formula is C50H59N7O6S. The summed E-state index contributed by atoms with van der Waals surface area (Å²) in [7, 11) is 0. The van der Waals surface area contributed by atoms with Crippen molar-refractivity contribution in [3.8, 4) is 6.07 Å². The molecule has 3 amide bonds. The van der Waals surface area contributed by atoms with Crippen LogP contribution >= 0.6 is 11.8 Å². The van der Waals surface area contributed by atoms with E-state index >= 15 is 0 Å². The summed E-state index contributed by atoms with van der Waals surface area (Å²) >= 11 is 1.65. The van der Waals surface area contributed by atoms with E-state index in [0.29, 0.717) is 56.6 Å². The summed E-state index contributed by atoms with van der Waals surface area (Å²) in [5.41, 5.74) is 8.64. The van der Waals surface area contributed by atoms with E-state index in [1.165, 1.54) is 11.3 Å². The van der Waals surface area contributed by atoms with Crippen LogP contribution in [0.2, 0.25) is 0 Å². The van der Waals surface area contributed by atoms with E-state index in [2.05, 4.69) is 64.0 Å². The van der Waals surface area contributed by atoms with Crippen LogP contribution in [0.15, 0.2) is 53.4 Å². The second kappa shape index (κ2) is 18.8. The summed E-state index contributed by atoms with van der Waals surface area (Å²) in [6.45, 7) is 16.7. The predicted molar refractivity (Wildman–Crippen MR) is 247 cm³/mol. The average Bonchev–Trinajstić information content (AvgIpc) is 3.87. The maximum absolute atomic E-state index is 14.1. The molecule has 3 aromatic carbocycles. The minimum absolute atomic E-state index is 0.0675. The molecular weight excluding hydrogens is 827 g/mol. The van der Waals surface area contributed by atoms with Gasteiger partial charge in [0.05, 0.1) is 37.0 Å². The first kappa shape index (κ1) is 44.2. The van der Waals surface area contributed by atoms with E-state index in [1.807, 2.05) is 30.3 Å². The third kappa shape index (κ3) is 8.61. The standard InChI is InChI=1S/C50H59N7O6S/c1-4-33-28-37-39(50(2,3)47-45(46(37)59)36-10-9-32(30-51)27-40(36)52-47)29-42(33)56-16-13-34(14-17-56)55-20-18-54(19-21-55)15-6-22-62-23-24-63-25-26-64-43-8-5-7-35-38(43)31-57(49(35)61)41-11-12-44(58)53-48(41)60/h5,7-10,27-29,34,41,52H,4,6,11-26,31H2,1-3H3,(H,53,58,60). The van der Waals surface area contributed by atoms with Gasteiger partial charge in [0.25, 0.3) is 5.91 Å². The number of fused-ring (bicyclic) bond motifs is 5. The summed E-state index contributed by atoms with van der Waals surface area (Å²) in [6.07, 6.45) is 4.72. The Kier molecular flexibility index (Phi) is 13.0. The lowest BCUT2D eigenvalue weighted by Crippen LogP contribution is -2.53. The Morgan fingerprint density at radius 3 is 2.42 bits per heavy atom. The number of hydrogen-bond acceptors (Lipinski definition) is 11. The first-order valence-corrected chi connectivity index (χ1v) is 24.1. The number of aromatic nitrogens is 1. The molecule has 1 unspecified atom stereocenters. The summed E-state index contributed by atoms with van der Waals surface area (Å²) in [5.74, 6) is -0.0238. The number of benzene rings is 3. The highest BCUT2D eigenvalue weighted by Gasteiger charge is 2.42. The van der Waals surface area contributed by atoms with E-state index in [-0.39, 0.29) is 24.0 Å². The lowest BCUT2D eigenvalue weighted by atomic mass is 9.70. The maximum Gasteiger partial charge on any atom is 0.255 e. The molecule has 0 bridgehead atoms. The normalized spacial score (nSPS) is 20.4. The van der Waals surface area contributed by atoms with Crippen LogP contribution in [-0.2, 0) is 37.4 Å². The van der Waals surface area contributed by atoms with Gasteiger partial charge in [0.2, 0.25) is 11.8 Å². The third-order valence-electron chi connectivity index (χ3n) is 14.2. The Morgan fingerprint density at radius 1 is 0.891 bits per heavy atom. The van der Waals surface area contributed by atoms with Crippen molar-refractivity contribution in [3.05, 3.63) is 93.2 Å². The van der Waals surface area contributed by atoms with Gasteiger partial charge in [-0.3, -0.25) is 29.4 Å². The lowest BCUT2D eigenvalue weighted by Gasteiger charge is -2.44. The van der Waals surface area contributed by atoms with E-state index in [1.54, 1.807) is 22.7 Å². The molecule has 5 heterocycles. The van der Waals surface area contributed by atoms with Gasteiger partial charge in [-0.25, -0.2) is 0 Å². The van der Waals surface area contributed by atoms with Crippen LogP contribution in [0.5, 0.6) is 0 Å². The Labute approximate surface area is 379 Å². The van der Waals surface area contributed by atoms with Gasteiger partial charge in [0.1, 0.15) is 6.04 Å². The first-order valence-electron chi connectivity index (χ1n) is 23.1. The number of H-pyrrole nitrogens is 1. The zero-order chi connectivity index (χ0) is 44.5. The summed E-state index contributed by atoms with van der Waals surface area (Å²) < 4.78 is 11.8. The lowest BCUT2D eigenvalue weighted by molar-refractivity contribution is -0.136. The average molecular weight is 886 g/mol. The first-order chi connectivity index (χ1) is 31.0. The number of carbonyl (C=O) groups is 4. The van der Waals surface area contributed by atoms with Crippen LogP contribution in [0.4, 0.5) is 5.69 Å². The predicted octanol–water partition coefficient (Wildman–Crippen LogP) is 6.04.